The lowest BCUT2D eigenvalue weighted by atomic mass is 10.1. The van der Waals surface area contributed by atoms with Crippen molar-refractivity contribution in [3.63, 3.8) is 0 Å². The molecular formula is C26H37N3O5S. The molecule has 35 heavy (non-hydrogen) atoms. The van der Waals surface area contributed by atoms with Crippen molar-refractivity contribution in [1.82, 2.24) is 10.2 Å². The number of benzene rings is 2. The van der Waals surface area contributed by atoms with Crippen LogP contribution in [0.5, 0.6) is 5.75 Å². The number of carbonyl (C=O) groups excluding carboxylic acids is 2. The minimum atomic E-state index is -3.78. The minimum absolute atomic E-state index is 0.189. The molecule has 0 radical (unpaired) electrons. The van der Waals surface area contributed by atoms with Gasteiger partial charge in [0.2, 0.25) is 21.8 Å². The van der Waals surface area contributed by atoms with Crippen LogP contribution in [0.15, 0.2) is 48.5 Å². The molecule has 0 saturated heterocycles. The Balaban J connectivity index is 2.41. The standard InChI is InChI=1S/C26H37N3O5S/c1-7-24(26(31)27-16-19(2)3)28(17-21-10-8-9-20(4)15-21)25(30)18-29(35(6,32)33)22-11-13-23(34-5)14-12-22/h8-15,19,24H,7,16-18H2,1-6H3,(H,27,31)/t24-/m1/s1. The SMILES string of the molecule is CC[C@H](C(=O)NCC(C)C)N(Cc1cccc(C)c1)C(=O)CN(c1ccc(OC)cc1)S(C)(=O)=O. The molecule has 0 aliphatic carbocycles. The summed E-state index contributed by atoms with van der Waals surface area (Å²) < 4.78 is 31.5. The first-order chi connectivity index (χ1) is 16.5. The van der Waals surface area contributed by atoms with Crippen molar-refractivity contribution in [2.45, 2.75) is 46.7 Å². The van der Waals surface area contributed by atoms with Gasteiger partial charge < -0.3 is 15.0 Å². The summed E-state index contributed by atoms with van der Waals surface area (Å²) in [5.74, 6) is 0.118. The van der Waals surface area contributed by atoms with Crippen molar-refractivity contribution in [2.24, 2.45) is 5.92 Å². The van der Waals surface area contributed by atoms with E-state index in [0.717, 1.165) is 21.7 Å². The summed E-state index contributed by atoms with van der Waals surface area (Å²) >= 11 is 0. The number of aryl methyl sites for hydroxylation is 1. The highest BCUT2D eigenvalue weighted by atomic mass is 32.2. The molecule has 0 heterocycles. The monoisotopic (exact) mass is 503 g/mol. The first kappa shape index (κ1) is 28.2. The minimum Gasteiger partial charge on any atom is -0.497 e. The largest absolute Gasteiger partial charge is 0.497 e. The van der Waals surface area contributed by atoms with E-state index in [1.807, 2.05) is 52.0 Å². The van der Waals surface area contributed by atoms with E-state index in [9.17, 15) is 18.0 Å². The van der Waals surface area contributed by atoms with Crippen LogP contribution >= 0.6 is 0 Å². The van der Waals surface area contributed by atoms with E-state index in [0.29, 0.717) is 24.4 Å². The molecule has 1 N–H and O–H groups in total. The Labute approximate surface area is 209 Å². The maximum absolute atomic E-state index is 13.6. The lowest BCUT2D eigenvalue weighted by Gasteiger charge is -2.33. The molecule has 0 aliphatic heterocycles. The molecule has 2 amide bonds. The fourth-order valence-corrected chi connectivity index (χ4v) is 4.56. The van der Waals surface area contributed by atoms with Crippen molar-refractivity contribution in [1.29, 1.82) is 0 Å². The van der Waals surface area contributed by atoms with Crippen LogP contribution < -0.4 is 14.4 Å². The van der Waals surface area contributed by atoms with E-state index in [1.165, 1.54) is 12.0 Å². The van der Waals surface area contributed by atoms with Crippen LogP contribution in [0, 0.1) is 12.8 Å². The predicted molar refractivity (Wildman–Crippen MR) is 139 cm³/mol. The van der Waals surface area contributed by atoms with Crippen molar-refractivity contribution in [3.05, 3.63) is 59.7 Å². The third kappa shape index (κ3) is 8.28. The predicted octanol–water partition coefficient (Wildman–Crippen LogP) is 3.35. The molecule has 0 aliphatic rings. The molecule has 9 heteroatoms. The van der Waals surface area contributed by atoms with Gasteiger partial charge in [-0.15, -0.1) is 0 Å². The molecule has 2 rings (SSSR count). The van der Waals surface area contributed by atoms with Crippen molar-refractivity contribution < 1.29 is 22.7 Å². The van der Waals surface area contributed by atoms with Gasteiger partial charge in [-0.05, 0) is 49.1 Å². The van der Waals surface area contributed by atoms with Gasteiger partial charge in [0.25, 0.3) is 0 Å². The van der Waals surface area contributed by atoms with E-state index >= 15 is 0 Å². The summed E-state index contributed by atoms with van der Waals surface area (Å²) in [7, 11) is -2.26. The number of sulfonamides is 1. The molecule has 0 aromatic heterocycles. The Morgan fingerprint density at radius 3 is 2.26 bits per heavy atom. The van der Waals surface area contributed by atoms with E-state index in [-0.39, 0.29) is 18.4 Å². The van der Waals surface area contributed by atoms with Crippen molar-refractivity contribution in [3.8, 4) is 5.75 Å². The fraction of sp³-hybridized carbons (Fsp3) is 0.462. The van der Waals surface area contributed by atoms with Crippen LogP contribution in [0.4, 0.5) is 5.69 Å². The quantitative estimate of drug-likeness (QED) is 0.479. The second-order valence-corrected chi connectivity index (χ2v) is 10.9. The number of hydrogen-bond acceptors (Lipinski definition) is 5. The lowest BCUT2D eigenvalue weighted by molar-refractivity contribution is -0.140. The zero-order valence-corrected chi connectivity index (χ0v) is 22.3. The second-order valence-electron chi connectivity index (χ2n) is 9.04. The van der Waals surface area contributed by atoms with Crippen LogP contribution in [-0.4, -0.2) is 57.6 Å². The third-order valence-corrected chi connectivity index (χ3v) is 6.69. The summed E-state index contributed by atoms with van der Waals surface area (Å²) in [4.78, 5) is 28.2. The summed E-state index contributed by atoms with van der Waals surface area (Å²) in [6.07, 6.45) is 1.45. The molecule has 2 aromatic rings. The number of anilines is 1. The van der Waals surface area contributed by atoms with Crippen LogP contribution in [0.3, 0.4) is 0 Å². The van der Waals surface area contributed by atoms with Gasteiger partial charge in [0.1, 0.15) is 18.3 Å². The number of ether oxygens (including phenoxy) is 1. The fourth-order valence-electron chi connectivity index (χ4n) is 3.71. The summed E-state index contributed by atoms with van der Waals surface area (Å²) in [5.41, 5.74) is 2.24. The molecule has 0 fully saturated rings. The zero-order chi connectivity index (χ0) is 26.2. The molecule has 1 atom stereocenters. The smallest absolute Gasteiger partial charge is 0.244 e. The highest BCUT2D eigenvalue weighted by Crippen LogP contribution is 2.22. The molecular weight excluding hydrogens is 466 g/mol. The summed E-state index contributed by atoms with van der Waals surface area (Å²) in [6, 6.07) is 13.4. The number of hydrogen-bond donors (Lipinski definition) is 1. The molecule has 0 spiro atoms. The highest BCUT2D eigenvalue weighted by molar-refractivity contribution is 7.92. The number of rotatable bonds is 12. The number of carbonyl (C=O) groups is 2. The number of nitrogens with one attached hydrogen (secondary N) is 1. The maximum atomic E-state index is 13.6. The molecule has 192 valence electrons. The maximum Gasteiger partial charge on any atom is 0.244 e. The molecule has 0 unspecified atom stereocenters. The van der Waals surface area contributed by atoms with Gasteiger partial charge >= 0.3 is 0 Å². The molecule has 0 saturated carbocycles. The Morgan fingerprint density at radius 2 is 1.74 bits per heavy atom. The Hall–Kier alpha value is -3.07. The summed E-state index contributed by atoms with van der Waals surface area (Å²) in [6.45, 7) is 8.04. The van der Waals surface area contributed by atoms with Crippen LogP contribution in [-0.2, 0) is 26.2 Å². The molecule has 8 nitrogen and oxygen atoms in total. The van der Waals surface area contributed by atoms with E-state index in [2.05, 4.69) is 5.32 Å². The topological polar surface area (TPSA) is 96.0 Å². The molecule has 2 aromatic carbocycles. The lowest BCUT2D eigenvalue weighted by Crippen LogP contribution is -2.52. The summed E-state index contributed by atoms with van der Waals surface area (Å²) in [5, 5.41) is 2.91. The van der Waals surface area contributed by atoms with Gasteiger partial charge in [-0.2, -0.15) is 0 Å². The second kappa shape index (κ2) is 12.6. The number of amides is 2. The van der Waals surface area contributed by atoms with Crippen LogP contribution in [0.1, 0.15) is 38.3 Å². The number of nitrogens with zero attached hydrogens (tertiary/aromatic N) is 2. The Morgan fingerprint density at radius 1 is 1.09 bits per heavy atom. The van der Waals surface area contributed by atoms with Gasteiger partial charge in [-0.25, -0.2) is 8.42 Å². The van der Waals surface area contributed by atoms with E-state index < -0.39 is 28.5 Å². The van der Waals surface area contributed by atoms with Gasteiger partial charge in [-0.3, -0.25) is 13.9 Å². The number of methoxy groups -OCH3 is 1. The average molecular weight is 504 g/mol. The highest BCUT2D eigenvalue weighted by Gasteiger charge is 2.31. The van der Waals surface area contributed by atoms with Gasteiger partial charge in [0, 0.05) is 13.1 Å². The van der Waals surface area contributed by atoms with Crippen molar-refractivity contribution >= 4 is 27.5 Å². The van der Waals surface area contributed by atoms with Gasteiger partial charge in [0.05, 0.1) is 19.1 Å². The van der Waals surface area contributed by atoms with Gasteiger partial charge in [0.15, 0.2) is 0 Å². The van der Waals surface area contributed by atoms with Gasteiger partial charge in [-0.1, -0.05) is 50.6 Å². The first-order valence-corrected chi connectivity index (χ1v) is 13.6. The van der Waals surface area contributed by atoms with Crippen molar-refractivity contribution in [2.75, 3.05) is 30.8 Å². The van der Waals surface area contributed by atoms with Crippen LogP contribution in [0.25, 0.3) is 0 Å². The first-order valence-electron chi connectivity index (χ1n) is 11.7. The van der Waals surface area contributed by atoms with E-state index in [4.69, 9.17) is 4.74 Å². The van der Waals surface area contributed by atoms with E-state index in [1.54, 1.807) is 24.3 Å². The third-order valence-electron chi connectivity index (χ3n) is 5.55. The van der Waals surface area contributed by atoms with Crippen LogP contribution in [0.2, 0.25) is 0 Å². The zero-order valence-electron chi connectivity index (χ0n) is 21.4. The Kier molecular flexibility index (Phi) is 10.1. The Bertz CT molecular complexity index is 1100. The molecule has 0 bridgehead atoms. The average Bonchev–Trinajstić information content (AvgIpc) is 2.80. The normalized spacial score (nSPS) is 12.2.